The van der Waals surface area contributed by atoms with Gasteiger partial charge in [0, 0.05) is 0 Å². The smallest absolute Gasteiger partial charge is 0.412 e. The van der Waals surface area contributed by atoms with Gasteiger partial charge in [0.2, 0.25) is 0 Å². The number of dihydropyridines is 1. The number of aliphatic imine (C=N–C) groups is 1. The van der Waals surface area contributed by atoms with Gasteiger partial charge in [-0.2, -0.15) is 4.99 Å². The van der Waals surface area contributed by atoms with Crippen LogP contribution in [0.4, 0.5) is 9.18 Å². The molecule has 25 heavy (non-hydrogen) atoms. The van der Waals surface area contributed by atoms with Gasteiger partial charge in [-0.3, -0.25) is 10.1 Å². The highest BCUT2D eigenvalue weighted by Crippen LogP contribution is 2.30. The zero-order chi connectivity index (χ0) is 18.6. The van der Waals surface area contributed by atoms with Gasteiger partial charge in [-0.05, 0) is 19.4 Å². The van der Waals surface area contributed by atoms with E-state index in [1.807, 2.05) is 6.92 Å². The molecule has 140 valence electrons. The highest BCUT2D eigenvalue weighted by molar-refractivity contribution is 6.12. The van der Waals surface area contributed by atoms with Crippen LogP contribution in [0.15, 0.2) is 16.9 Å². The largest absolute Gasteiger partial charge is 0.449 e. The molecule has 2 amide bonds. The summed E-state index contributed by atoms with van der Waals surface area (Å²) >= 11 is 0. The normalized spacial score (nSPS) is 32.2. The number of carbonyl (C=O) groups excluding carboxylic acids is 2. The second-order valence-corrected chi connectivity index (χ2v) is 6.09. The predicted molar refractivity (Wildman–Crippen MR) is 85.5 cm³/mol. The van der Waals surface area contributed by atoms with E-state index in [-0.39, 0.29) is 6.61 Å². The maximum absolute atomic E-state index is 14.2. The number of amidine groups is 1. The Morgan fingerprint density at radius 2 is 2.12 bits per heavy atom. The lowest BCUT2D eigenvalue weighted by atomic mass is 9.93. The number of halogens is 1. The first-order valence-electron chi connectivity index (χ1n) is 8.30. The summed E-state index contributed by atoms with van der Waals surface area (Å²) in [5.74, 6) is -3.43. The summed E-state index contributed by atoms with van der Waals surface area (Å²) in [6.07, 6.45) is -1.72. The van der Waals surface area contributed by atoms with Crippen molar-refractivity contribution < 1.29 is 33.7 Å². The number of nitrogens with one attached hydrogen (secondary N) is 1. The van der Waals surface area contributed by atoms with Crippen LogP contribution in [0, 0.1) is 5.92 Å². The van der Waals surface area contributed by atoms with Crippen molar-refractivity contribution in [3.05, 3.63) is 11.9 Å². The van der Waals surface area contributed by atoms with Crippen molar-refractivity contribution in [2.45, 2.75) is 57.5 Å². The van der Waals surface area contributed by atoms with Gasteiger partial charge in [0.15, 0.2) is 11.7 Å². The van der Waals surface area contributed by atoms with E-state index in [2.05, 4.69) is 10.3 Å². The summed E-state index contributed by atoms with van der Waals surface area (Å²) in [6, 6.07) is 0. The van der Waals surface area contributed by atoms with Crippen molar-refractivity contribution in [2.24, 2.45) is 10.9 Å². The van der Waals surface area contributed by atoms with Crippen molar-refractivity contribution in [1.82, 2.24) is 5.32 Å². The first kappa shape index (κ1) is 19.5. The molecular weight excluding hydrogens is 335 g/mol. The summed E-state index contributed by atoms with van der Waals surface area (Å²) in [6.45, 7) is 3.72. The Kier molecular flexibility index (Phi) is 6.63. The first-order chi connectivity index (χ1) is 11.8. The molecule has 0 aliphatic carbocycles. The topological polar surface area (TPSA) is 117 Å². The number of ether oxygens (including phenoxy) is 2. The minimum Gasteiger partial charge on any atom is -0.449 e. The Labute approximate surface area is 144 Å². The van der Waals surface area contributed by atoms with Crippen LogP contribution < -0.4 is 5.32 Å². The Bertz CT molecular complexity index is 579. The number of nitrogens with zero attached hydrogens (tertiary/aromatic N) is 1. The number of rotatable bonds is 5. The zero-order valence-electron chi connectivity index (χ0n) is 14.1. The molecule has 3 unspecified atom stereocenters. The lowest BCUT2D eigenvalue weighted by molar-refractivity contribution is -0.126. The van der Waals surface area contributed by atoms with Crippen LogP contribution in [-0.2, 0) is 14.3 Å². The predicted octanol–water partition coefficient (Wildman–Crippen LogP) is 0.820. The fraction of sp³-hybridized carbons (Fsp3) is 0.688. The van der Waals surface area contributed by atoms with Crippen LogP contribution in [0.1, 0.15) is 33.1 Å². The third-order valence-corrected chi connectivity index (χ3v) is 4.15. The SMILES string of the molecule is CCCCCOC(=O)NC1=NC(=O)C([C@@H]2O[C@H](C)C(O)C2O)C=C1F. The average Bonchev–Trinajstić information content (AvgIpc) is 2.82. The van der Waals surface area contributed by atoms with Crippen molar-refractivity contribution >= 4 is 17.8 Å². The third-order valence-electron chi connectivity index (χ3n) is 4.15. The van der Waals surface area contributed by atoms with E-state index in [0.717, 1.165) is 18.9 Å². The Hall–Kier alpha value is -1.84. The van der Waals surface area contributed by atoms with Crippen molar-refractivity contribution in [2.75, 3.05) is 6.61 Å². The Morgan fingerprint density at radius 3 is 2.72 bits per heavy atom. The Morgan fingerprint density at radius 1 is 1.40 bits per heavy atom. The lowest BCUT2D eigenvalue weighted by Gasteiger charge is -2.23. The lowest BCUT2D eigenvalue weighted by Crippen LogP contribution is -2.41. The molecular formula is C16H23FN2O6. The molecule has 0 radical (unpaired) electrons. The van der Waals surface area contributed by atoms with Crippen LogP contribution in [-0.4, -0.2) is 59.1 Å². The Balaban J connectivity index is 1.96. The van der Waals surface area contributed by atoms with Gasteiger partial charge in [-0.25, -0.2) is 9.18 Å². The first-order valence-corrected chi connectivity index (χ1v) is 8.30. The molecule has 2 rings (SSSR count). The number of hydrogen-bond acceptors (Lipinski definition) is 6. The minimum absolute atomic E-state index is 0.187. The molecule has 3 N–H and O–H groups in total. The summed E-state index contributed by atoms with van der Waals surface area (Å²) in [7, 11) is 0. The number of carbonyl (C=O) groups is 2. The maximum atomic E-state index is 14.2. The van der Waals surface area contributed by atoms with Gasteiger partial charge in [0.05, 0.1) is 18.6 Å². The molecule has 0 bridgehead atoms. The molecule has 0 aromatic carbocycles. The summed E-state index contributed by atoms with van der Waals surface area (Å²) < 4.78 is 24.3. The highest BCUT2D eigenvalue weighted by atomic mass is 19.1. The van der Waals surface area contributed by atoms with E-state index in [1.165, 1.54) is 6.92 Å². The van der Waals surface area contributed by atoms with Crippen LogP contribution in [0.2, 0.25) is 0 Å². The third kappa shape index (κ3) is 4.62. The summed E-state index contributed by atoms with van der Waals surface area (Å²) in [5.41, 5.74) is 0. The maximum Gasteiger partial charge on any atom is 0.412 e. The molecule has 0 aromatic rings. The number of aliphatic hydroxyl groups is 2. The molecule has 0 spiro atoms. The van der Waals surface area contributed by atoms with E-state index in [1.54, 1.807) is 0 Å². The summed E-state index contributed by atoms with van der Waals surface area (Å²) in [5, 5.41) is 21.7. The number of hydrogen-bond donors (Lipinski definition) is 3. The van der Waals surface area contributed by atoms with Gasteiger partial charge >= 0.3 is 6.09 Å². The van der Waals surface area contributed by atoms with Gasteiger partial charge in [0.25, 0.3) is 5.91 Å². The van der Waals surface area contributed by atoms with Gasteiger partial charge in [-0.1, -0.05) is 19.8 Å². The van der Waals surface area contributed by atoms with E-state index in [4.69, 9.17) is 9.47 Å². The van der Waals surface area contributed by atoms with Crippen LogP contribution in [0.3, 0.4) is 0 Å². The second-order valence-electron chi connectivity index (χ2n) is 6.09. The van der Waals surface area contributed by atoms with Crippen LogP contribution in [0.25, 0.3) is 0 Å². The number of alkyl carbamates (subject to hydrolysis) is 1. The monoisotopic (exact) mass is 358 g/mol. The number of amides is 2. The van der Waals surface area contributed by atoms with Crippen molar-refractivity contribution in [3.8, 4) is 0 Å². The van der Waals surface area contributed by atoms with Crippen LogP contribution in [0.5, 0.6) is 0 Å². The van der Waals surface area contributed by atoms with Gasteiger partial charge in [-0.15, -0.1) is 0 Å². The van der Waals surface area contributed by atoms with E-state index in [0.29, 0.717) is 6.42 Å². The van der Waals surface area contributed by atoms with Gasteiger partial charge in [0.1, 0.15) is 18.3 Å². The van der Waals surface area contributed by atoms with Crippen LogP contribution >= 0.6 is 0 Å². The molecule has 5 atom stereocenters. The molecule has 2 aliphatic heterocycles. The van der Waals surface area contributed by atoms with Gasteiger partial charge < -0.3 is 19.7 Å². The second kappa shape index (κ2) is 8.50. The molecule has 9 heteroatoms. The average molecular weight is 358 g/mol. The fourth-order valence-corrected chi connectivity index (χ4v) is 2.70. The molecule has 0 saturated carbocycles. The quantitative estimate of drug-likeness (QED) is 0.627. The molecule has 2 heterocycles. The zero-order valence-corrected chi connectivity index (χ0v) is 14.1. The molecule has 8 nitrogen and oxygen atoms in total. The molecule has 2 aliphatic rings. The van der Waals surface area contributed by atoms with E-state index < -0.39 is 54.0 Å². The van der Waals surface area contributed by atoms with E-state index in [9.17, 15) is 24.2 Å². The fourth-order valence-electron chi connectivity index (χ4n) is 2.70. The summed E-state index contributed by atoms with van der Waals surface area (Å²) in [4.78, 5) is 27.2. The molecule has 0 aromatic heterocycles. The van der Waals surface area contributed by atoms with Crippen molar-refractivity contribution in [3.63, 3.8) is 0 Å². The standard InChI is InChI=1S/C16H23FN2O6/c1-3-4-5-6-24-16(23)19-14-10(17)7-9(15(22)18-14)13-12(21)11(20)8(2)25-13/h7-9,11-13,20-21H,3-6H2,1-2H3,(H,18,19,22,23)/t8-,9?,11?,12?,13+/m1/s1. The number of aliphatic hydroxyl groups excluding tert-OH is 2. The minimum atomic E-state index is -1.33. The number of unbranched alkanes of at least 4 members (excludes halogenated alkanes) is 2. The highest BCUT2D eigenvalue weighted by Gasteiger charge is 2.47. The molecule has 1 fully saturated rings. The van der Waals surface area contributed by atoms with Crippen molar-refractivity contribution in [1.29, 1.82) is 0 Å². The van der Waals surface area contributed by atoms with E-state index >= 15 is 0 Å². The molecule has 1 saturated heterocycles.